The largest absolute Gasteiger partial charge is 0.495 e. The number of aliphatic hydroxyl groups is 1. The van der Waals surface area contributed by atoms with Crippen molar-refractivity contribution in [2.45, 2.75) is 13.0 Å². The van der Waals surface area contributed by atoms with Gasteiger partial charge >= 0.3 is 5.97 Å². The van der Waals surface area contributed by atoms with Crippen molar-refractivity contribution >= 4 is 11.7 Å². The Balaban J connectivity index is 2.76. The second-order valence-corrected chi connectivity index (χ2v) is 3.40. The van der Waals surface area contributed by atoms with Crippen molar-refractivity contribution in [1.29, 1.82) is 0 Å². The van der Waals surface area contributed by atoms with Gasteiger partial charge in [-0.05, 0) is 25.1 Å². The number of rotatable bonds is 4. The molecule has 3 N–H and O–H groups in total. The Morgan fingerprint density at radius 1 is 1.56 bits per heavy atom. The van der Waals surface area contributed by atoms with Crippen LogP contribution >= 0.6 is 0 Å². The number of carbonyl (C=O) groups is 1. The third-order valence-corrected chi connectivity index (χ3v) is 1.92. The first-order valence-corrected chi connectivity index (χ1v) is 4.83. The summed E-state index contributed by atoms with van der Waals surface area (Å²) >= 11 is 0. The second kappa shape index (κ2) is 5.37. The van der Waals surface area contributed by atoms with Crippen molar-refractivity contribution < 1.29 is 19.4 Å². The Morgan fingerprint density at radius 2 is 2.25 bits per heavy atom. The van der Waals surface area contributed by atoms with Crippen molar-refractivity contribution in [3.05, 3.63) is 23.8 Å². The van der Waals surface area contributed by atoms with Crippen LogP contribution in [-0.4, -0.2) is 30.9 Å². The number of hydrogen-bond donors (Lipinski definition) is 2. The molecule has 0 amide bonds. The number of hydrogen-bond acceptors (Lipinski definition) is 5. The molecule has 1 atom stereocenters. The number of benzene rings is 1. The maximum Gasteiger partial charge on any atom is 0.338 e. The van der Waals surface area contributed by atoms with E-state index in [1.807, 2.05) is 0 Å². The van der Waals surface area contributed by atoms with Gasteiger partial charge in [-0.3, -0.25) is 0 Å². The monoisotopic (exact) mass is 225 g/mol. The smallest absolute Gasteiger partial charge is 0.338 e. The van der Waals surface area contributed by atoms with E-state index in [4.69, 9.17) is 20.3 Å². The summed E-state index contributed by atoms with van der Waals surface area (Å²) in [5.41, 5.74) is 6.40. The van der Waals surface area contributed by atoms with Gasteiger partial charge in [0.05, 0.1) is 24.5 Å². The SMILES string of the molecule is COc1cc(C(=O)OCC(C)O)ccc1N. The van der Waals surface area contributed by atoms with Crippen LogP contribution in [0.15, 0.2) is 18.2 Å². The van der Waals surface area contributed by atoms with E-state index in [0.29, 0.717) is 17.0 Å². The van der Waals surface area contributed by atoms with Crippen molar-refractivity contribution in [2.24, 2.45) is 0 Å². The predicted molar refractivity (Wildman–Crippen MR) is 59.4 cm³/mol. The van der Waals surface area contributed by atoms with E-state index in [1.165, 1.54) is 20.1 Å². The number of ether oxygens (including phenoxy) is 2. The minimum atomic E-state index is -0.681. The lowest BCUT2D eigenvalue weighted by molar-refractivity contribution is 0.0296. The summed E-state index contributed by atoms with van der Waals surface area (Å²) in [6.45, 7) is 1.50. The van der Waals surface area contributed by atoms with Crippen molar-refractivity contribution in [3.8, 4) is 5.75 Å². The van der Waals surface area contributed by atoms with Gasteiger partial charge in [-0.2, -0.15) is 0 Å². The molecule has 0 radical (unpaired) electrons. The van der Waals surface area contributed by atoms with E-state index in [1.54, 1.807) is 12.1 Å². The first-order valence-electron chi connectivity index (χ1n) is 4.83. The van der Waals surface area contributed by atoms with Crippen LogP contribution in [0.5, 0.6) is 5.75 Å². The highest BCUT2D eigenvalue weighted by molar-refractivity contribution is 5.90. The zero-order valence-corrected chi connectivity index (χ0v) is 9.27. The lowest BCUT2D eigenvalue weighted by atomic mass is 10.2. The van der Waals surface area contributed by atoms with Gasteiger partial charge in [0.25, 0.3) is 0 Å². The quantitative estimate of drug-likeness (QED) is 0.585. The Bertz CT molecular complexity index is 376. The van der Waals surface area contributed by atoms with Crippen LogP contribution < -0.4 is 10.5 Å². The standard InChI is InChI=1S/C11H15NO4/c1-7(13)6-16-11(14)8-3-4-9(12)10(5-8)15-2/h3-5,7,13H,6,12H2,1-2H3. The molecule has 5 heteroatoms. The Kier molecular flexibility index (Phi) is 4.13. The normalized spacial score (nSPS) is 11.9. The molecule has 0 saturated carbocycles. The van der Waals surface area contributed by atoms with Crippen LogP contribution in [0.4, 0.5) is 5.69 Å². The topological polar surface area (TPSA) is 81.8 Å². The lowest BCUT2D eigenvalue weighted by Crippen LogP contribution is -2.15. The molecule has 0 aliphatic heterocycles. The molecule has 0 saturated heterocycles. The maximum absolute atomic E-state index is 11.5. The molecule has 0 aliphatic carbocycles. The summed E-state index contributed by atoms with van der Waals surface area (Å²) in [5, 5.41) is 8.97. The summed E-state index contributed by atoms with van der Waals surface area (Å²) in [4.78, 5) is 11.5. The van der Waals surface area contributed by atoms with Gasteiger partial charge in [-0.1, -0.05) is 0 Å². The van der Waals surface area contributed by atoms with Gasteiger partial charge in [-0.25, -0.2) is 4.79 Å². The average Bonchev–Trinajstić information content (AvgIpc) is 2.26. The molecule has 0 bridgehead atoms. The van der Waals surface area contributed by atoms with E-state index in [9.17, 15) is 4.79 Å². The van der Waals surface area contributed by atoms with Crippen LogP contribution in [0.2, 0.25) is 0 Å². The van der Waals surface area contributed by atoms with E-state index in [-0.39, 0.29) is 6.61 Å². The number of nitrogen functional groups attached to an aromatic ring is 1. The summed E-state index contributed by atoms with van der Waals surface area (Å²) in [7, 11) is 1.47. The second-order valence-electron chi connectivity index (χ2n) is 3.40. The highest BCUT2D eigenvalue weighted by atomic mass is 16.5. The number of methoxy groups -OCH3 is 1. The van der Waals surface area contributed by atoms with Gasteiger partial charge in [0, 0.05) is 0 Å². The first kappa shape index (κ1) is 12.3. The van der Waals surface area contributed by atoms with Crippen molar-refractivity contribution in [2.75, 3.05) is 19.5 Å². The van der Waals surface area contributed by atoms with Gasteiger partial charge in [-0.15, -0.1) is 0 Å². The fourth-order valence-corrected chi connectivity index (χ4v) is 1.12. The number of nitrogens with two attached hydrogens (primary N) is 1. The molecule has 1 aromatic rings. The average molecular weight is 225 g/mol. The van der Waals surface area contributed by atoms with E-state index in [2.05, 4.69) is 0 Å². The molecule has 5 nitrogen and oxygen atoms in total. The van der Waals surface area contributed by atoms with Gasteiger partial charge in [0.15, 0.2) is 0 Å². The predicted octanol–water partition coefficient (Wildman–Crippen LogP) is 0.815. The molecule has 1 aromatic carbocycles. The Labute approximate surface area is 93.8 Å². The first-order chi connectivity index (χ1) is 7.54. The maximum atomic E-state index is 11.5. The Morgan fingerprint density at radius 3 is 2.81 bits per heavy atom. The summed E-state index contributed by atoms with van der Waals surface area (Å²) < 4.78 is 9.82. The molecule has 1 rings (SSSR count). The van der Waals surface area contributed by atoms with Crippen LogP contribution in [0.25, 0.3) is 0 Å². The molecule has 16 heavy (non-hydrogen) atoms. The van der Waals surface area contributed by atoms with E-state index < -0.39 is 12.1 Å². The van der Waals surface area contributed by atoms with Crippen LogP contribution in [0.1, 0.15) is 17.3 Å². The number of esters is 1. The summed E-state index contributed by atoms with van der Waals surface area (Å²) in [6.07, 6.45) is -0.681. The van der Waals surface area contributed by atoms with Crippen LogP contribution in [0.3, 0.4) is 0 Å². The van der Waals surface area contributed by atoms with Crippen molar-refractivity contribution in [1.82, 2.24) is 0 Å². The van der Waals surface area contributed by atoms with Crippen LogP contribution in [-0.2, 0) is 4.74 Å². The molecule has 88 valence electrons. The van der Waals surface area contributed by atoms with E-state index >= 15 is 0 Å². The van der Waals surface area contributed by atoms with Gasteiger partial charge in [0.2, 0.25) is 0 Å². The molecule has 0 aliphatic rings. The molecule has 0 aromatic heterocycles. The highest BCUT2D eigenvalue weighted by Gasteiger charge is 2.11. The zero-order valence-electron chi connectivity index (χ0n) is 9.27. The molecular weight excluding hydrogens is 210 g/mol. The summed E-state index contributed by atoms with van der Waals surface area (Å²) in [5.74, 6) is -0.0919. The third kappa shape index (κ3) is 3.13. The molecule has 0 spiro atoms. The zero-order chi connectivity index (χ0) is 12.1. The number of anilines is 1. The third-order valence-electron chi connectivity index (χ3n) is 1.92. The summed E-state index contributed by atoms with van der Waals surface area (Å²) in [6, 6.07) is 4.61. The molecular formula is C11H15NO4. The van der Waals surface area contributed by atoms with Crippen molar-refractivity contribution in [3.63, 3.8) is 0 Å². The fourth-order valence-electron chi connectivity index (χ4n) is 1.12. The Hall–Kier alpha value is -1.75. The van der Waals surface area contributed by atoms with Gasteiger partial charge in [0.1, 0.15) is 12.4 Å². The molecule has 0 heterocycles. The number of aliphatic hydroxyl groups excluding tert-OH is 1. The highest BCUT2D eigenvalue weighted by Crippen LogP contribution is 2.22. The minimum absolute atomic E-state index is 0.0362. The number of carbonyl (C=O) groups excluding carboxylic acids is 1. The minimum Gasteiger partial charge on any atom is -0.495 e. The van der Waals surface area contributed by atoms with Gasteiger partial charge < -0.3 is 20.3 Å². The lowest BCUT2D eigenvalue weighted by Gasteiger charge is -2.08. The molecule has 0 fully saturated rings. The fraction of sp³-hybridized carbons (Fsp3) is 0.364. The molecule has 1 unspecified atom stereocenters. The van der Waals surface area contributed by atoms with Crippen LogP contribution in [0, 0.1) is 0 Å². The van der Waals surface area contributed by atoms with E-state index in [0.717, 1.165) is 0 Å².